The summed E-state index contributed by atoms with van der Waals surface area (Å²) in [6, 6.07) is 13.2. The fraction of sp³-hybridized carbons (Fsp3) is 0.294. The van der Waals surface area contributed by atoms with E-state index in [1.807, 2.05) is 0 Å². The van der Waals surface area contributed by atoms with E-state index in [1.54, 1.807) is 17.7 Å². The van der Waals surface area contributed by atoms with Gasteiger partial charge < -0.3 is 5.32 Å². The van der Waals surface area contributed by atoms with E-state index in [-0.39, 0.29) is 0 Å². The third kappa shape index (κ3) is 2.82. The van der Waals surface area contributed by atoms with Crippen molar-refractivity contribution < 1.29 is 0 Å². The number of fused-ring (bicyclic) bond motifs is 1. The van der Waals surface area contributed by atoms with E-state index in [0.29, 0.717) is 6.04 Å². The van der Waals surface area contributed by atoms with Crippen molar-refractivity contribution in [1.29, 1.82) is 0 Å². The van der Waals surface area contributed by atoms with E-state index in [1.165, 1.54) is 5.56 Å². The van der Waals surface area contributed by atoms with Crippen molar-refractivity contribution in [3.8, 4) is 0 Å². The summed E-state index contributed by atoms with van der Waals surface area (Å²) in [5.74, 6) is 0.970. The number of aromatic nitrogens is 2. The van der Waals surface area contributed by atoms with Crippen LogP contribution < -0.4 is 5.32 Å². The fourth-order valence-electron chi connectivity index (χ4n) is 3.03. The number of hydrogen-bond donors (Lipinski definition) is 1. The van der Waals surface area contributed by atoms with Crippen LogP contribution >= 0.6 is 11.3 Å². The van der Waals surface area contributed by atoms with Gasteiger partial charge >= 0.3 is 0 Å². The molecule has 2 aromatic heterocycles. The van der Waals surface area contributed by atoms with E-state index in [9.17, 15) is 0 Å². The third-order valence-corrected chi connectivity index (χ3v) is 4.94. The fourth-order valence-corrected chi connectivity index (χ4v) is 3.77. The lowest BCUT2D eigenvalue weighted by molar-refractivity contribution is 0.328. The highest BCUT2D eigenvalue weighted by atomic mass is 32.1. The minimum Gasteiger partial charge on any atom is -0.365 e. The van der Waals surface area contributed by atoms with Crippen LogP contribution in [-0.4, -0.2) is 34.0 Å². The van der Waals surface area contributed by atoms with Crippen LogP contribution in [0.2, 0.25) is 0 Å². The molecule has 3 heterocycles. The van der Waals surface area contributed by atoms with Gasteiger partial charge in [0.1, 0.15) is 17.0 Å². The zero-order valence-electron chi connectivity index (χ0n) is 12.3. The Labute approximate surface area is 133 Å². The molecule has 1 N–H and O–H groups in total. The number of thiophene rings is 1. The Bertz CT molecular complexity index is 755. The molecule has 1 fully saturated rings. The van der Waals surface area contributed by atoms with Crippen LogP contribution in [0.1, 0.15) is 12.0 Å². The largest absolute Gasteiger partial charge is 0.365 e. The Hall–Kier alpha value is -1.98. The van der Waals surface area contributed by atoms with Gasteiger partial charge in [0.15, 0.2) is 0 Å². The maximum atomic E-state index is 4.42. The normalized spacial score (nSPS) is 18.8. The molecule has 0 amide bonds. The van der Waals surface area contributed by atoms with E-state index in [2.05, 4.69) is 62.0 Å². The molecule has 3 aromatic rings. The first-order valence-corrected chi connectivity index (χ1v) is 8.47. The van der Waals surface area contributed by atoms with E-state index in [0.717, 1.165) is 42.1 Å². The molecule has 1 aliphatic heterocycles. The molecule has 0 spiro atoms. The zero-order chi connectivity index (χ0) is 14.8. The summed E-state index contributed by atoms with van der Waals surface area (Å²) >= 11 is 1.66. The standard InChI is InChI=1S/C17H18N4S/c1-2-4-13(5-3-1)10-21-8-6-14(11-21)20-16-15-7-9-22-17(15)19-12-18-16/h1-5,7,9,12,14H,6,8,10-11H2,(H,18,19,20)/t14-/m0/s1. The molecule has 1 aliphatic rings. The summed E-state index contributed by atoms with van der Waals surface area (Å²) in [4.78, 5) is 12.3. The van der Waals surface area contributed by atoms with Gasteiger partial charge in [-0.1, -0.05) is 30.3 Å². The highest BCUT2D eigenvalue weighted by molar-refractivity contribution is 7.16. The van der Waals surface area contributed by atoms with Gasteiger partial charge in [0, 0.05) is 25.7 Å². The number of nitrogens with one attached hydrogen (secondary N) is 1. The zero-order valence-corrected chi connectivity index (χ0v) is 13.1. The van der Waals surface area contributed by atoms with Gasteiger partial charge in [0.25, 0.3) is 0 Å². The highest BCUT2D eigenvalue weighted by Crippen LogP contribution is 2.25. The molecule has 1 atom stereocenters. The molecule has 1 saturated heterocycles. The van der Waals surface area contributed by atoms with Crippen LogP contribution in [0.4, 0.5) is 5.82 Å². The number of anilines is 1. The van der Waals surface area contributed by atoms with E-state index < -0.39 is 0 Å². The number of likely N-dealkylation sites (tertiary alicyclic amines) is 1. The van der Waals surface area contributed by atoms with Crippen molar-refractivity contribution in [2.75, 3.05) is 18.4 Å². The number of rotatable bonds is 4. The minimum absolute atomic E-state index is 0.460. The molecule has 1 aromatic carbocycles. The van der Waals surface area contributed by atoms with Gasteiger partial charge in [-0.25, -0.2) is 9.97 Å². The highest BCUT2D eigenvalue weighted by Gasteiger charge is 2.23. The first kappa shape index (κ1) is 13.7. The van der Waals surface area contributed by atoms with Crippen LogP contribution in [0.5, 0.6) is 0 Å². The predicted molar refractivity (Wildman–Crippen MR) is 91.2 cm³/mol. The van der Waals surface area contributed by atoms with Crippen molar-refractivity contribution in [1.82, 2.24) is 14.9 Å². The average Bonchev–Trinajstić information content (AvgIpc) is 3.18. The summed E-state index contributed by atoms with van der Waals surface area (Å²) in [6.45, 7) is 3.21. The molecule has 0 saturated carbocycles. The van der Waals surface area contributed by atoms with Gasteiger partial charge in [-0.05, 0) is 23.4 Å². The second-order valence-corrected chi connectivity index (χ2v) is 6.61. The monoisotopic (exact) mass is 310 g/mol. The van der Waals surface area contributed by atoms with Crippen LogP contribution in [0.15, 0.2) is 48.1 Å². The number of benzene rings is 1. The lowest BCUT2D eigenvalue weighted by atomic mass is 10.2. The minimum atomic E-state index is 0.460. The maximum Gasteiger partial charge on any atom is 0.138 e. The van der Waals surface area contributed by atoms with Crippen molar-refractivity contribution in [3.05, 3.63) is 53.7 Å². The van der Waals surface area contributed by atoms with Gasteiger partial charge in [-0.15, -0.1) is 11.3 Å². The van der Waals surface area contributed by atoms with E-state index >= 15 is 0 Å². The Balaban J connectivity index is 1.42. The molecule has 5 heteroatoms. The van der Waals surface area contributed by atoms with Gasteiger partial charge in [0.2, 0.25) is 0 Å². The molecule has 4 rings (SSSR count). The molecule has 0 radical (unpaired) electrons. The predicted octanol–water partition coefficient (Wildman–Crippen LogP) is 3.38. The molecule has 0 bridgehead atoms. The van der Waals surface area contributed by atoms with E-state index in [4.69, 9.17) is 0 Å². The summed E-state index contributed by atoms with van der Waals surface area (Å²) < 4.78 is 0. The summed E-state index contributed by atoms with van der Waals surface area (Å²) in [5.41, 5.74) is 1.38. The van der Waals surface area contributed by atoms with Crippen LogP contribution in [0.25, 0.3) is 10.2 Å². The summed E-state index contributed by atoms with van der Waals surface area (Å²) in [6.07, 6.45) is 2.81. The van der Waals surface area contributed by atoms with Crippen molar-refractivity contribution in [3.63, 3.8) is 0 Å². The molecule has 112 valence electrons. The average molecular weight is 310 g/mol. The maximum absolute atomic E-state index is 4.42. The van der Waals surface area contributed by atoms with Crippen LogP contribution in [-0.2, 0) is 6.54 Å². The summed E-state index contributed by atoms with van der Waals surface area (Å²) in [5, 5.41) is 6.80. The second-order valence-electron chi connectivity index (χ2n) is 5.71. The SMILES string of the molecule is c1ccc(CN2CC[C@H](Nc3ncnc4sccc34)C2)cc1. The Morgan fingerprint density at radius 2 is 2.09 bits per heavy atom. The lowest BCUT2D eigenvalue weighted by Crippen LogP contribution is -2.26. The topological polar surface area (TPSA) is 41.0 Å². The first-order chi connectivity index (χ1) is 10.9. The lowest BCUT2D eigenvalue weighted by Gasteiger charge is -2.17. The van der Waals surface area contributed by atoms with Gasteiger partial charge in [0.05, 0.1) is 5.39 Å². The molecule has 0 aliphatic carbocycles. The van der Waals surface area contributed by atoms with Crippen molar-refractivity contribution >= 4 is 27.4 Å². The number of hydrogen-bond acceptors (Lipinski definition) is 5. The molecule has 22 heavy (non-hydrogen) atoms. The van der Waals surface area contributed by atoms with Gasteiger partial charge in [-0.3, -0.25) is 4.90 Å². The first-order valence-electron chi connectivity index (χ1n) is 7.59. The van der Waals surface area contributed by atoms with Crippen molar-refractivity contribution in [2.45, 2.75) is 19.0 Å². The third-order valence-electron chi connectivity index (χ3n) is 4.12. The molecule has 0 unspecified atom stereocenters. The quantitative estimate of drug-likeness (QED) is 0.802. The smallest absolute Gasteiger partial charge is 0.138 e. The van der Waals surface area contributed by atoms with Crippen LogP contribution in [0, 0.1) is 0 Å². The van der Waals surface area contributed by atoms with Crippen molar-refractivity contribution in [2.24, 2.45) is 0 Å². The summed E-state index contributed by atoms with van der Waals surface area (Å²) in [7, 11) is 0. The van der Waals surface area contributed by atoms with Crippen LogP contribution in [0.3, 0.4) is 0 Å². The molecule has 4 nitrogen and oxygen atoms in total. The number of nitrogens with zero attached hydrogens (tertiary/aromatic N) is 3. The Kier molecular flexibility index (Phi) is 3.74. The molecular weight excluding hydrogens is 292 g/mol. The Morgan fingerprint density at radius 1 is 1.18 bits per heavy atom. The molecular formula is C17H18N4S. The van der Waals surface area contributed by atoms with Gasteiger partial charge in [-0.2, -0.15) is 0 Å². The Morgan fingerprint density at radius 3 is 3.00 bits per heavy atom. The second kappa shape index (κ2) is 6.02.